The molecule has 32 heavy (non-hydrogen) atoms. The number of piperidine rings is 1. The molecule has 0 aliphatic carbocycles. The van der Waals surface area contributed by atoms with Crippen LogP contribution in [0.3, 0.4) is 0 Å². The van der Waals surface area contributed by atoms with Gasteiger partial charge in [0.25, 0.3) is 11.8 Å². The van der Waals surface area contributed by atoms with Gasteiger partial charge in [-0.2, -0.15) is 0 Å². The predicted octanol–water partition coefficient (Wildman–Crippen LogP) is 3.01. The summed E-state index contributed by atoms with van der Waals surface area (Å²) in [4.78, 5) is 33.0. The van der Waals surface area contributed by atoms with E-state index in [1.54, 1.807) is 37.4 Å². The molecule has 0 radical (unpaired) electrons. The zero-order valence-electron chi connectivity index (χ0n) is 19.0. The fourth-order valence-corrected chi connectivity index (χ4v) is 4.46. The predicted molar refractivity (Wildman–Crippen MR) is 124 cm³/mol. The first kappa shape index (κ1) is 21.9. The second kappa shape index (κ2) is 9.04. The molecule has 168 valence electrons. The molecule has 1 fully saturated rings. The van der Waals surface area contributed by atoms with Crippen LogP contribution in [0.2, 0.25) is 0 Å². The molecule has 0 spiro atoms. The van der Waals surface area contributed by atoms with Gasteiger partial charge in [-0.05, 0) is 62.8 Å². The van der Waals surface area contributed by atoms with E-state index in [2.05, 4.69) is 11.9 Å². The van der Waals surface area contributed by atoms with Gasteiger partial charge < -0.3 is 19.3 Å². The maximum absolute atomic E-state index is 13.8. The van der Waals surface area contributed by atoms with Crippen molar-refractivity contribution in [1.29, 1.82) is 0 Å². The summed E-state index contributed by atoms with van der Waals surface area (Å²) in [5.41, 5.74) is 1.98. The average Bonchev–Trinajstić information content (AvgIpc) is 3.08. The smallest absolute Gasteiger partial charge is 0.282 e. The zero-order chi connectivity index (χ0) is 22.8. The third-order valence-electron chi connectivity index (χ3n) is 6.35. The first-order valence-electron chi connectivity index (χ1n) is 10.8. The Labute approximate surface area is 188 Å². The molecule has 2 aromatic rings. The van der Waals surface area contributed by atoms with E-state index < -0.39 is 0 Å². The van der Waals surface area contributed by atoms with Crippen LogP contribution in [0.5, 0.6) is 11.5 Å². The summed E-state index contributed by atoms with van der Waals surface area (Å²) in [7, 11) is 7.16. The molecule has 0 saturated carbocycles. The average molecular weight is 436 g/mol. The summed E-state index contributed by atoms with van der Waals surface area (Å²) in [5, 5.41) is 0. The van der Waals surface area contributed by atoms with Crippen LogP contribution in [0.25, 0.3) is 5.57 Å². The molecule has 2 heterocycles. The van der Waals surface area contributed by atoms with E-state index in [0.717, 1.165) is 25.9 Å². The number of rotatable bonds is 6. The quantitative estimate of drug-likeness (QED) is 0.650. The van der Waals surface area contributed by atoms with Crippen molar-refractivity contribution in [3.63, 3.8) is 0 Å². The van der Waals surface area contributed by atoms with Gasteiger partial charge in [0.15, 0.2) is 0 Å². The number of imide groups is 1. The number of hydrogen-bond acceptors (Lipinski definition) is 6. The highest BCUT2D eigenvalue weighted by atomic mass is 16.5. The van der Waals surface area contributed by atoms with Crippen LogP contribution in [0.1, 0.15) is 18.4 Å². The summed E-state index contributed by atoms with van der Waals surface area (Å²) in [6, 6.07) is 14.5. The lowest BCUT2D eigenvalue weighted by Crippen LogP contribution is -2.43. The first-order chi connectivity index (χ1) is 15.5. The summed E-state index contributed by atoms with van der Waals surface area (Å²) >= 11 is 0. The fraction of sp³-hybridized carbons (Fsp3) is 0.360. The molecule has 2 amide bonds. The van der Waals surface area contributed by atoms with Crippen molar-refractivity contribution in [3.05, 3.63) is 59.8 Å². The van der Waals surface area contributed by atoms with E-state index in [0.29, 0.717) is 34.0 Å². The number of para-hydroxylation sites is 2. The van der Waals surface area contributed by atoms with Crippen molar-refractivity contribution < 1.29 is 19.1 Å². The Balaban J connectivity index is 1.80. The van der Waals surface area contributed by atoms with Gasteiger partial charge in [0.05, 0.1) is 25.5 Å². The van der Waals surface area contributed by atoms with Crippen LogP contribution in [0, 0.1) is 0 Å². The third-order valence-corrected chi connectivity index (χ3v) is 6.35. The van der Waals surface area contributed by atoms with Crippen LogP contribution in [-0.2, 0) is 9.59 Å². The SMILES string of the molecule is COc1ccc(C2=C(N(C)C3CCN(C)CC3)C(=O)N(c3ccccc3OC)C2=O)cc1. The van der Waals surface area contributed by atoms with Crippen molar-refractivity contribution >= 4 is 23.1 Å². The molecular weight excluding hydrogens is 406 g/mol. The van der Waals surface area contributed by atoms with Gasteiger partial charge in [-0.15, -0.1) is 0 Å². The normalized spacial score (nSPS) is 17.8. The monoisotopic (exact) mass is 435 g/mol. The Morgan fingerprint density at radius 1 is 0.906 bits per heavy atom. The molecule has 2 aliphatic rings. The Kier molecular flexibility index (Phi) is 6.19. The van der Waals surface area contributed by atoms with E-state index in [1.165, 1.54) is 12.0 Å². The Bertz CT molecular complexity index is 1040. The van der Waals surface area contributed by atoms with Gasteiger partial charge in [-0.1, -0.05) is 24.3 Å². The Morgan fingerprint density at radius 2 is 1.56 bits per heavy atom. The maximum Gasteiger partial charge on any atom is 0.282 e. The zero-order valence-corrected chi connectivity index (χ0v) is 19.0. The highest BCUT2D eigenvalue weighted by Gasteiger charge is 2.44. The van der Waals surface area contributed by atoms with E-state index >= 15 is 0 Å². The number of likely N-dealkylation sites (N-methyl/N-ethyl adjacent to an activating group) is 1. The van der Waals surface area contributed by atoms with Gasteiger partial charge >= 0.3 is 0 Å². The summed E-state index contributed by atoms with van der Waals surface area (Å²) in [6.45, 7) is 1.91. The molecule has 0 unspecified atom stereocenters. The minimum Gasteiger partial charge on any atom is -0.497 e. The molecule has 0 aromatic heterocycles. The molecular formula is C25H29N3O4. The molecule has 7 heteroatoms. The lowest BCUT2D eigenvalue weighted by Gasteiger charge is -2.36. The lowest BCUT2D eigenvalue weighted by atomic mass is 10.00. The number of benzene rings is 2. The third kappa shape index (κ3) is 3.84. The van der Waals surface area contributed by atoms with Crippen molar-refractivity contribution in [3.8, 4) is 11.5 Å². The van der Waals surface area contributed by atoms with Crippen LogP contribution in [0.15, 0.2) is 54.2 Å². The number of anilines is 1. The van der Waals surface area contributed by atoms with Crippen molar-refractivity contribution in [2.75, 3.05) is 46.3 Å². The van der Waals surface area contributed by atoms with Gasteiger partial charge in [0.2, 0.25) is 0 Å². The second-order valence-corrected chi connectivity index (χ2v) is 8.22. The Morgan fingerprint density at radius 3 is 2.19 bits per heavy atom. The minimum atomic E-state index is -0.348. The van der Waals surface area contributed by atoms with Gasteiger partial charge in [-0.25, -0.2) is 4.90 Å². The van der Waals surface area contributed by atoms with E-state index in [4.69, 9.17) is 9.47 Å². The largest absolute Gasteiger partial charge is 0.497 e. The number of hydrogen-bond donors (Lipinski definition) is 0. The fourth-order valence-electron chi connectivity index (χ4n) is 4.46. The standard InChI is InChI=1S/C25H29N3O4/c1-26-15-13-18(14-16-26)27(2)23-22(17-9-11-19(31-3)12-10-17)24(29)28(25(23)30)20-7-5-6-8-21(20)32-4/h5-12,18H,13-16H2,1-4H3. The highest BCUT2D eigenvalue weighted by Crippen LogP contribution is 2.39. The summed E-state index contributed by atoms with van der Waals surface area (Å²) in [5.74, 6) is 0.496. The van der Waals surface area contributed by atoms with Crippen molar-refractivity contribution in [2.45, 2.75) is 18.9 Å². The number of carbonyl (C=O) groups excluding carboxylic acids is 2. The number of likely N-dealkylation sites (tertiary alicyclic amines) is 1. The molecule has 0 N–H and O–H groups in total. The number of carbonyl (C=O) groups is 2. The summed E-state index contributed by atoms with van der Waals surface area (Å²) < 4.78 is 10.7. The van der Waals surface area contributed by atoms with Crippen LogP contribution in [0.4, 0.5) is 5.69 Å². The number of methoxy groups -OCH3 is 2. The van der Waals surface area contributed by atoms with Crippen LogP contribution >= 0.6 is 0 Å². The number of ether oxygens (including phenoxy) is 2. The molecule has 7 nitrogen and oxygen atoms in total. The van der Waals surface area contributed by atoms with Crippen molar-refractivity contribution in [2.24, 2.45) is 0 Å². The van der Waals surface area contributed by atoms with E-state index in [1.807, 2.05) is 30.1 Å². The van der Waals surface area contributed by atoms with Gasteiger partial charge in [-0.3, -0.25) is 9.59 Å². The minimum absolute atomic E-state index is 0.184. The molecule has 0 bridgehead atoms. The summed E-state index contributed by atoms with van der Waals surface area (Å²) in [6.07, 6.45) is 1.87. The number of nitrogens with zero attached hydrogens (tertiary/aromatic N) is 3. The van der Waals surface area contributed by atoms with Crippen LogP contribution < -0.4 is 14.4 Å². The number of amides is 2. The first-order valence-corrected chi connectivity index (χ1v) is 10.8. The highest BCUT2D eigenvalue weighted by molar-refractivity contribution is 6.45. The van der Waals surface area contributed by atoms with E-state index in [-0.39, 0.29) is 17.9 Å². The molecule has 2 aliphatic heterocycles. The van der Waals surface area contributed by atoms with Gasteiger partial charge in [0.1, 0.15) is 17.2 Å². The van der Waals surface area contributed by atoms with Gasteiger partial charge in [0, 0.05) is 13.1 Å². The van der Waals surface area contributed by atoms with Crippen LogP contribution in [-0.4, -0.2) is 69.1 Å². The molecule has 2 aromatic carbocycles. The molecule has 1 saturated heterocycles. The maximum atomic E-state index is 13.8. The Hall–Kier alpha value is -3.32. The second-order valence-electron chi connectivity index (χ2n) is 8.22. The van der Waals surface area contributed by atoms with Crippen molar-refractivity contribution in [1.82, 2.24) is 9.80 Å². The molecule has 0 atom stereocenters. The topological polar surface area (TPSA) is 62.3 Å². The molecule has 4 rings (SSSR count). The lowest BCUT2D eigenvalue weighted by molar-refractivity contribution is -0.120. The van der Waals surface area contributed by atoms with E-state index in [9.17, 15) is 9.59 Å².